The van der Waals surface area contributed by atoms with Gasteiger partial charge in [0.15, 0.2) is 0 Å². The first-order chi connectivity index (χ1) is 6.36. The lowest BCUT2D eigenvalue weighted by Gasteiger charge is -2.03. The van der Waals surface area contributed by atoms with Gasteiger partial charge in [0.05, 0.1) is 11.0 Å². The van der Waals surface area contributed by atoms with Gasteiger partial charge < -0.3 is 8.80 Å². The van der Waals surface area contributed by atoms with Crippen molar-refractivity contribution < 1.29 is 0 Å². The van der Waals surface area contributed by atoms with Crippen LogP contribution in [0.3, 0.4) is 0 Å². The van der Waals surface area contributed by atoms with Crippen LogP contribution in [-0.4, -0.2) is 8.80 Å². The highest BCUT2D eigenvalue weighted by Crippen LogP contribution is 2.16. The molecule has 0 aliphatic carbocycles. The molecule has 2 nitrogen and oxygen atoms in total. The Kier molecular flexibility index (Phi) is 1.13. The topological polar surface area (TPSA) is 8.82 Å². The average Bonchev–Trinajstić information content (AvgIpc) is 2.66. The van der Waals surface area contributed by atoms with Gasteiger partial charge >= 0.3 is 0 Å². The Hall–Kier alpha value is -1.70. The van der Waals surface area contributed by atoms with Crippen molar-refractivity contribution in [2.75, 3.05) is 0 Å². The summed E-state index contributed by atoms with van der Waals surface area (Å²) in [5.74, 6) is 0. The van der Waals surface area contributed by atoms with Crippen molar-refractivity contribution in [2.45, 2.75) is 6.92 Å². The summed E-state index contributed by atoms with van der Waals surface area (Å²) in [5.41, 5.74) is 3.78. The van der Waals surface area contributed by atoms with Crippen LogP contribution < -0.4 is 0 Å². The van der Waals surface area contributed by atoms with Gasteiger partial charge in [0.25, 0.3) is 0 Å². The summed E-state index contributed by atoms with van der Waals surface area (Å²) in [6, 6.07) is 8.42. The van der Waals surface area contributed by atoms with Gasteiger partial charge in [-0.1, -0.05) is 0 Å². The van der Waals surface area contributed by atoms with Crippen molar-refractivity contribution >= 4 is 11.0 Å². The second kappa shape index (κ2) is 2.16. The third-order valence-corrected chi connectivity index (χ3v) is 2.50. The maximum Gasteiger partial charge on any atom is 0.0694 e. The van der Waals surface area contributed by atoms with Crippen LogP contribution in [0.1, 0.15) is 5.69 Å². The second-order valence-electron chi connectivity index (χ2n) is 3.33. The molecular formula is C11H10N2. The fourth-order valence-electron chi connectivity index (χ4n) is 1.88. The molecule has 3 aromatic rings. The van der Waals surface area contributed by atoms with Gasteiger partial charge in [-0.2, -0.15) is 0 Å². The number of aryl methyl sites for hydroxylation is 1. The van der Waals surface area contributed by atoms with Crippen molar-refractivity contribution in [3.8, 4) is 0 Å². The van der Waals surface area contributed by atoms with E-state index in [4.69, 9.17) is 0 Å². The molecule has 3 aromatic heterocycles. The minimum Gasteiger partial charge on any atom is -0.320 e. The van der Waals surface area contributed by atoms with E-state index < -0.39 is 0 Å². The molecule has 2 heteroatoms. The highest BCUT2D eigenvalue weighted by Gasteiger charge is 2.01. The Morgan fingerprint density at radius 3 is 2.69 bits per heavy atom. The minimum atomic E-state index is 1.25. The number of hydrogen-bond acceptors (Lipinski definition) is 0. The van der Waals surface area contributed by atoms with E-state index in [0.29, 0.717) is 0 Å². The summed E-state index contributed by atoms with van der Waals surface area (Å²) < 4.78 is 4.36. The highest BCUT2D eigenvalue weighted by atomic mass is 15.0. The van der Waals surface area contributed by atoms with E-state index in [1.165, 1.54) is 16.7 Å². The summed E-state index contributed by atoms with van der Waals surface area (Å²) in [6.07, 6.45) is 6.31. The first kappa shape index (κ1) is 6.78. The SMILES string of the molecule is Cc1cn2cccc2c2cccn12. The fourth-order valence-corrected chi connectivity index (χ4v) is 1.88. The molecule has 3 heterocycles. The molecule has 0 N–H and O–H groups in total. The molecule has 0 aromatic carbocycles. The fraction of sp³-hybridized carbons (Fsp3) is 0.0909. The lowest BCUT2D eigenvalue weighted by atomic mass is 10.4. The molecule has 0 atom stereocenters. The molecule has 0 saturated heterocycles. The molecule has 0 unspecified atom stereocenters. The Balaban J connectivity index is 2.70. The summed E-state index contributed by atoms with van der Waals surface area (Å²) in [7, 11) is 0. The van der Waals surface area contributed by atoms with Crippen LogP contribution in [0.25, 0.3) is 11.0 Å². The zero-order valence-electron chi connectivity index (χ0n) is 7.44. The van der Waals surface area contributed by atoms with Gasteiger partial charge in [-0.25, -0.2) is 0 Å². The number of aromatic nitrogens is 2. The predicted molar refractivity (Wildman–Crippen MR) is 53.1 cm³/mol. The van der Waals surface area contributed by atoms with Crippen molar-refractivity contribution in [2.24, 2.45) is 0 Å². The third-order valence-electron chi connectivity index (χ3n) is 2.50. The molecule has 13 heavy (non-hydrogen) atoms. The molecule has 0 spiro atoms. The number of nitrogens with zero attached hydrogens (tertiary/aromatic N) is 2. The quantitative estimate of drug-likeness (QED) is 0.490. The van der Waals surface area contributed by atoms with Gasteiger partial charge in [0.1, 0.15) is 0 Å². The van der Waals surface area contributed by atoms with Crippen molar-refractivity contribution in [1.82, 2.24) is 8.80 Å². The number of rotatable bonds is 0. The molecule has 0 aliphatic heterocycles. The third kappa shape index (κ3) is 0.773. The van der Waals surface area contributed by atoms with Crippen LogP contribution in [0.5, 0.6) is 0 Å². The van der Waals surface area contributed by atoms with Crippen LogP contribution in [0.2, 0.25) is 0 Å². The van der Waals surface area contributed by atoms with Crippen LogP contribution in [-0.2, 0) is 0 Å². The maximum absolute atomic E-state index is 2.20. The zero-order valence-corrected chi connectivity index (χ0v) is 7.44. The smallest absolute Gasteiger partial charge is 0.0694 e. The largest absolute Gasteiger partial charge is 0.320 e. The number of hydrogen-bond donors (Lipinski definition) is 0. The van der Waals surface area contributed by atoms with Gasteiger partial charge in [0.2, 0.25) is 0 Å². The van der Waals surface area contributed by atoms with Crippen LogP contribution >= 0.6 is 0 Å². The summed E-state index contributed by atoms with van der Waals surface area (Å²) >= 11 is 0. The molecule has 3 rings (SSSR count). The zero-order chi connectivity index (χ0) is 8.84. The Morgan fingerprint density at radius 1 is 1.00 bits per heavy atom. The molecular weight excluding hydrogens is 160 g/mol. The summed E-state index contributed by atoms with van der Waals surface area (Å²) in [6.45, 7) is 2.12. The summed E-state index contributed by atoms with van der Waals surface area (Å²) in [5, 5.41) is 0. The van der Waals surface area contributed by atoms with E-state index in [-0.39, 0.29) is 0 Å². The molecule has 0 saturated carbocycles. The molecule has 0 amide bonds. The van der Waals surface area contributed by atoms with Gasteiger partial charge in [0, 0.05) is 24.3 Å². The van der Waals surface area contributed by atoms with Gasteiger partial charge in [-0.05, 0) is 31.2 Å². The normalized spacial score (nSPS) is 11.5. The average molecular weight is 170 g/mol. The van der Waals surface area contributed by atoms with E-state index in [9.17, 15) is 0 Å². The van der Waals surface area contributed by atoms with Crippen LogP contribution in [0.4, 0.5) is 0 Å². The van der Waals surface area contributed by atoms with Crippen molar-refractivity contribution in [3.05, 3.63) is 48.5 Å². The standard InChI is InChI=1S/C11H10N2/c1-9-8-12-6-2-4-10(12)11-5-3-7-13(9)11/h2-8H,1H3. The number of fused-ring (bicyclic) bond motifs is 3. The highest BCUT2D eigenvalue weighted by molar-refractivity contribution is 5.76. The first-order valence-electron chi connectivity index (χ1n) is 4.39. The molecule has 64 valence electrons. The van der Waals surface area contributed by atoms with Gasteiger partial charge in [-0.15, -0.1) is 0 Å². The van der Waals surface area contributed by atoms with Crippen LogP contribution in [0, 0.1) is 6.92 Å². The van der Waals surface area contributed by atoms with E-state index in [2.05, 4.69) is 58.6 Å². The van der Waals surface area contributed by atoms with Gasteiger partial charge in [-0.3, -0.25) is 0 Å². The summed E-state index contributed by atoms with van der Waals surface area (Å²) in [4.78, 5) is 0. The van der Waals surface area contributed by atoms with Crippen LogP contribution in [0.15, 0.2) is 42.9 Å². The van der Waals surface area contributed by atoms with E-state index in [0.717, 1.165) is 0 Å². The molecule has 0 radical (unpaired) electrons. The van der Waals surface area contributed by atoms with Crippen molar-refractivity contribution in [3.63, 3.8) is 0 Å². The predicted octanol–water partition coefficient (Wildman–Crippen LogP) is 2.50. The van der Waals surface area contributed by atoms with E-state index >= 15 is 0 Å². The Bertz CT molecular complexity index is 572. The second-order valence-corrected chi connectivity index (χ2v) is 3.33. The molecule has 0 aliphatic rings. The monoisotopic (exact) mass is 170 g/mol. The molecule has 0 fully saturated rings. The molecule has 0 bridgehead atoms. The van der Waals surface area contributed by atoms with E-state index in [1.54, 1.807) is 0 Å². The minimum absolute atomic E-state index is 1.25. The first-order valence-corrected chi connectivity index (χ1v) is 4.39. The van der Waals surface area contributed by atoms with Crippen molar-refractivity contribution in [1.29, 1.82) is 0 Å². The lowest BCUT2D eigenvalue weighted by Crippen LogP contribution is -1.93. The Labute approximate surface area is 76.0 Å². The Morgan fingerprint density at radius 2 is 1.77 bits per heavy atom. The maximum atomic E-state index is 2.20. The lowest BCUT2D eigenvalue weighted by molar-refractivity contribution is 1.03. The van der Waals surface area contributed by atoms with E-state index in [1.807, 2.05) is 0 Å².